The molecule has 0 bridgehead atoms. The van der Waals surface area contributed by atoms with Crippen LogP contribution >= 0.6 is 12.4 Å². The topological polar surface area (TPSA) is 97.5 Å². The van der Waals surface area contributed by atoms with Crippen molar-refractivity contribution in [3.05, 3.63) is 33.9 Å². The summed E-state index contributed by atoms with van der Waals surface area (Å²) in [5.41, 5.74) is -0.0726. The number of nitrogens with zero attached hydrogens (tertiary/aromatic N) is 1. The number of benzene rings is 1. The average Bonchev–Trinajstić information content (AvgIpc) is 2.01. The van der Waals surface area contributed by atoms with Gasteiger partial charge in [-0.2, -0.15) is 8.42 Å². The summed E-state index contributed by atoms with van der Waals surface area (Å²) >= 11 is 0. The zero-order valence-electron chi connectivity index (χ0n) is 7.58. The number of hydrogen-bond donors (Lipinski definition) is 1. The summed E-state index contributed by atoms with van der Waals surface area (Å²) in [6.07, 6.45) is 0. The smallest absolute Gasteiger partial charge is 0.282 e. The third kappa shape index (κ3) is 3.15. The number of hydrogen-bond acceptors (Lipinski definition) is 4. The maximum Gasteiger partial charge on any atom is 0.294 e. The molecule has 1 N–H and O–H groups in total. The number of aryl methyl sites for hydroxylation is 1. The fourth-order valence-electron chi connectivity index (χ4n) is 1.04. The van der Waals surface area contributed by atoms with Gasteiger partial charge in [-0.05, 0) is 18.6 Å². The minimum absolute atomic E-state index is 0. The summed E-state index contributed by atoms with van der Waals surface area (Å²) in [6, 6.07) is 3.11. The molecule has 0 spiro atoms. The third-order valence-corrected chi connectivity index (χ3v) is 2.66. The van der Waals surface area contributed by atoms with Crippen LogP contribution in [0.3, 0.4) is 0 Å². The summed E-state index contributed by atoms with van der Waals surface area (Å²) in [4.78, 5) is 9.35. The van der Waals surface area contributed by atoms with E-state index in [0.29, 0.717) is 0 Å². The largest absolute Gasteiger partial charge is 0.294 e. The van der Waals surface area contributed by atoms with Crippen molar-refractivity contribution in [2.45, 2.75) is 11.8 Å². The highest BCUT2D eigenvalue weighted by Gasteiger charge is 2.15. The lowest BCUT2D eigenvalue weighted by molar-refractivity contribution is -0.385. The first-order chi connectivity index (χ1) is 6.32. The summed E-state index contributed by atoms with van der Waals surface area (Å²) in [6.45, 7) is 1.37. The summed E-state index contributed by atoms with van der Waals surface area (Å²) in [5, 5.41) is 10.3. The van der Waals surface area contributed by atoms with E-state index in [1.165, 1.54) is 6.92 Å². The Morgan fingerprint density at radius 2 is 1.93 bits per heavy atom. The van der Waals surface area contributed by atoms with E-state index in [-0.39, 0.29) is 28.6 Å². The molecule has 0 aliphatic carbocycles. The van der Waals surface area contributed by atoms with Crippen LogP contribution in [0, 0.1) is 17.0 Å². The minimum Gasteiger partial charge on any atom is -0.282 e. The molecule has 0 aromatic heterocycles. The van der Waals surface area contributed by atoms with Crippen molar-refractivity contribution < 1.29 is 17.9 Å². The lowest BCUT2D eigenvalue weighted by Gasteiger charge is -2.00. The molecule has 0 heterocycles. The first-order valence-corrected chi connectivity index (χ1v) is 4.99. The molecule has 15 heavy (non-hydrogen) atoms. The van der Waals surface area contributed by atoms with Gasteiger partial charge in [0.1, 0.15) is 0 Å². The summed E-state index contributed by atoms with van der Waals surface area (Å²) in [5.74, 6) is 0. The second-order valence-electron chi connectivity index (χ2n) is 2.68. The molecular weight excluding hydrogens is 246 g/mol. The van der Waals surface area contributed by atoms with Crippen molar-refractivity contribution in [2.24, 2.45) is 0 Å². The first kappa shape index (κ1) is 13.8. The van der Waals surface area contributed by atoms with Crippen LogP contribution in [0.15, 0.2) is 23.1 Å². The third-order valence-electron chi connectivity index (χ3n) is 1.65. The SMILES string of the molecule is Cc1cc([N+](=O)[O-])ccc1S(=O)(=O)O.Cl. The Balaban J connectivity index is 0.00000196. The minimum atomic E-state index is -4.30. The Bertz CT molecular complexity index is 484. The molecule has 1 aromatic carbocycles. The zero-order valence-corrected chi connectivity index (χ0v) is 9.21. The Kier molecular flexibility index (Phi) is 4.20. The fraction of sp³-hybridized carbons (Fsp3) is 0.143. The second kappa shape index (κ2) is 4.56. The normalized spacial score (nSPS) is 10.5. The van der Waals surface area contributed by atoms with Crippen molar-refractivity contribution in [3.8, 4) is 0 Å². The Hall–Kier alpha value is -1.18. The van der Waals surface area contributed by atoms with Gasteiger partial charge in [0, 0.05) is 12.1 Å². The molecule has 1 aromatic rings. The van der Waals surface area contributed by atoms with E-state index in [1.54, 1.807) is 0 Å². The number of nitro benzene ring substituents is 1. The van der Waals surface area contributed by atoms with Crippen molar-refractivity contribution in [1.82, 2.24) is 0 Å². The van der Waals surface area contributed by atoms with Crippen LogP contribution in [0.2, 0.25) is 0 Å². The Morgan fingerprint density at radius 1 is 1.40 bits per heavy atom. The van der Waals surface area contributed by atoms with E-state index in [2.05, 4.69) is 0 Å². The van der Waals surface area contributed by atoms with Crippen molar-refractivity contribution >= 4 is 28.2 Å². The van der Waals surface area contributed by atoms with E-state index < -0.39 is 15.0 Å². The van der Waals surface area contributed by atoms with Gasteiger partial charge in [-0.3, -0.25) is 14.7 Å². The predicted molar refractivity (Wildman–Crippen MR) is 54.9 cm³/mol. The standard InChI is InChI=1S/C7H7NO5S.ClH/c1-5-4-6(8(9)10)2-3-7(5)14(11,12)13;/h2-4H,1H3,(H,11,12,13);1H. The Labute approximate surface area is 92.2 Å². The van der Waals surface area contributed by atoms with Gasteiger partial charge in [-0.1, -0.05) is 0 Å². The lowest BCUT2D eigenvalue weighted by atomic mass is 10.2. The van der Waals surface area contributed by atoms with Crippen molar-refractivity contribution in [2.75, 3.05) is 0 Å². The van der Waals surface area contributed by atoms with Crippen LogP contribution in [0.4, 0.5) is 5.69 Å². The molecule has 0 aliphatic rings. The molecule has 0 saturated heterocycles. The highest BCUT2D eigenvalue weighted by molar-refractivity contribution is 7.85. The van der Waals surface area contributed by atoms with E-state index in [0.717, 1.165) is 18.2 Å². The molecule has 84 valence electrons. The van der Waals surface area contributed by atoms with E-state index in [4.69, 9.17) is 4.55 Å². The highest BCUT2D eigenvalue weighted by atomic mass is 35.5. The van der Waals surface area contributed by atoms with Crippen molar-refractivity contribution in [1.29, 1.82) is 0 Å². The van der Waals surface area contributed by atoms with Gasteiger partial charge in [0.25, 0.3) is 15.8 Å². The van der Waals surface area contributed by atoms with Gasteiger partial charge in [-0.15, -0.1) is 12.4 Å². The molecule has 0 atom stereocenters. The molecule has 1 rings (SSSR count). The maximum absolute atomic E-state index is 10.7. The fourth-order valence-corrected chi connectivity index (χ4v) is 1.74. The van der Waals surface area contributed by atoms with E-state index in [9.17, 15) is 18.5 Å². The van der Waals surface area contributed by atoms with Gasteiger partial charge in [0.05, 0.1) is 9.82 Å². The van der Waals surface area contributed by atoms with Crippen LogP contribution in [0.25, 0.3) is 0 Å². The molecule has 6 nitrogen and oxygen atoms in total. The number of non-ortho nitro benzene ring substituents is 1. The number of rotatable bonds is 2. The van der Waals surface area contributed by atoms with Crippen LogP contribution in [0.5, 0.6) is 0 Å². The van der Waals surface area contributed by atoms with Gasteiger partial charge in [-0.25, -0.2) is 0 Å². The summed E-state index contributed by atoms with van der Waals surface area (Å²) in [7, 11) is -4.30. The molecule has 0 aliphatic heterocycles. The van der Waals surface area contributed by atoms with E-state index >= 15 is 0 Å². The molecular formula is C7H8ClNO5S. The monoisotopic (exact) mass is 253 g/mol. The highest BCUT2D eigenvalue weighted by Crippen LogP contribution is 2.20. The molecule has 0 amide bonds. The molecule has 0 fully saturated rings. The molecule has 0 radical (unpaired) electrons. The zero-order chi connectivity index (χ0) is 10.9. The van der Waals surface area contributed by atoms with Gasteiger partial charge in [0.2, 0.25) is 0 Å². The first-order valence-electron chi connectivity index (χ1n) is 3.55. The number of halogens is 1. The van der Waals surface area contributed by atoms with Crippen LogP contribution in [0.1, 0.15) is 5.56 Å². The quantitative estimate of drug-likeness (QED) is 0.490. The van der Waals surface area contributed by atoms with Gasteiger partial charge in [0.15, 0.2) is 0 Å². The summed E-state index contributed by atoms with van der Waals surface area (Å²) < 4.78 is 30.1. The van der Waals surface area contributed by atoms with Crippen LogP contribution in [-0.2, 0) is 10.1 Å². The number of nitro groups is 1. The van der Waals surface area contributed by atoms with Gasteiger partial charge >= 0.3 is 0 Å². The second-order valence-corrected chi connectivity index (χ2v) is 4.07. The Morgan fingerprint density at radius 3 is 2.27 bits per heavy atom. The van der Waals surface area contributed by atoms with Crippen LogP contribution < -0.4 is 0 Å². The molecule has 0 unspecified atom stereocenters. The van der Waals surface area contributed by atoms with Gasteiger partial charge < -0.3 is 0 Å². The lowest BCUT2D eigenvalue weighted by Crippen LogP contribution is -2.01. The average molecular weight is 254 g/mol. The van der Waals surface area contributed by atoms with Crippen LogP contribution in [-0.4, -0.2) is 17.9 Å². The molecule has 8 heteroatoms. The molecule has 0 saturated carbocycles. The predicted octanol–water partition coefficient (Wildman–Crippen LogP) is 1.57. The van der Waals surface area contributed by atoms with Crippen molar-refractivity contribution in [3.63, 3.8) is 0 Å². The van der Waals surface area contributed by atoms with E-state index in [1.807, 2.05) is 0 Å². The maximum atomic E-state index is 10.7.